The van der Waals surface area contributed by atoms with E-state index in [0.29, 0.717) is 12.0 Å². The Labute approximate surface area is 119 Å². The van der Waals surface area contributed by atoms with E-state index in [-0.39, 0.29) is 5.28 Å². The minimum absolute atomic E-state index is 0.268. The monoisotopic (exact) mass is 293 g/mol. The molecule has 98 valence electrons. The smallest absolute Gasteiger partial charge is 0.223 e. The summed E-state index contributed by atoms with van der Waals surface area (Å²) in [5, 5.41) is 10.7. The van der Waals surface area contributed by atoms with Crippen molar-refractivity contribution in [3.05, 3.63) is 23.4 Å². The molecule has 2 aromatic heterocycles. The zero-order valence-corrected chi connectivity index (χ0v) is 11.7. The summed E-state index contributed by atoms with van der Waals surface area (Å²) in [4.78, 5) is 8.09. The molecule has 0 amide bonds. The molecular formula is C12H12ClN5S. The maximum absolute atomic E-state index is 5.81. The highest BCUT2D eigenvalue weighted by molar-refractivity contribution is 7.99. The van der Waals surface area contributed by atoms with Gasteiger partial charge >= 0.3 is 0 Å². The van der Waals surface area contributed by atoms with Crippen molar-refractivity contribution in [2.45, 2.75) is 47.8 Å². The van der Waals surface area contributed by atoms with Crippen LogP contribution in [0.1, 0.15) is 43.5 Å². The van der Waals surface area contributed by atoms with E-state index in [2.05, 4.69) is 24.7 Å². The molecule has 2 aliphatic carbocycles. The fourth-order valence-corrected chi connectivity index (χ4v) is 3.19. The highest BCUT2D eigenvalue weighted by Crippen LogP contribution is 2.46. The van der Waals surface area contributed by atoms with Crippen LogP contribution in [0.15, 0.2) is 22.4 Å². The van der Waals surface area contributed by atoms with E-state index in [0.717, 1.165) is 16.0 Å². The third-order valence-corrected chi connectivity index (χ3v) is 4.42. The van der Waals surface area contributed by atoms with E-state index in [1.165, 1.54) is 37.4 Å². The molecule has 0 atom stereocenters. The fraction of sp³-hybridized carbons (Fsp3) is 0.500. The normalized spacial score (nSPS) is 18.8. The Bertz CT molecular complexity index is 620. The van der Waals surface area contributed by atoms with Crippen molar-refractivity contribution >= 4 is 23.4 Å². The molecule has 0 saturated heterocycles. The number of hydrogen-bond donors (Lipinski definition) is 0. The van der Waals surface area contributed by atoms with Crippen LogP contribution in [0.25, 0.3) is 0 Å². The first-order chi connectivity index (χ1) is 9.31. The van der Waals surface area contributed by atoms with Crippen molar-refractivity contribution in [3.63, 3.8) is 0 Å². The van der Waals surface area contributed by atoms with Gasteiger partial charge in [-0.2, -0.15) is 0 Å². The number of nitrogens with zero attached hydrogens (tertiary/aromatic N) is 5. The number of halogens is 1. The highest BCUT2D eigenvalue weighted by Gasteiger charge is 2.36. The molecule has 4 rings (SSSR count). The third-order valence-electron chi connectivity index (χ3n) is 3.34. The van der Waals surface area contributed by atoms with Crippen molar-refractivity contribution in [2.24, 2.45) is 0 Å². The van der Waals surface area contributed by atoms with Crippen LogP contribution in [0.4, 0.5) is 0 Å². The van der Waals surface area contributed by atoms with Crippen molar-refractivity contribution < 1.29 is 0 Å². The maximum Gasteiger partial charge on any atom is 0.223 e. The molecule has 2 aromatic rings. The Morgan fingerprint density at radius 3 is 2.74 bits per heavy atom. The summed E-state index contributed by atoms with van der Waals surface area (Å²) in [6, 6.07) is 2.43. The van der Waals surface area contributed by atoms with Crippen LogP contribution in [0.3, 0.4) is 0 Å². The van der Waals surface area contributed by atoms with Crippen molar-refractivity contribution in [3.8, 4) is 0 Å². The third kappa shape index (κ3) is 2.34. The number of rotatable bonds is 4. The Hall–Kier alpha value is -1.14. The molecule has 0 bridgehead atoms. The Morgan fingerprint density at radius 2 is 2.05 bits per heavy atom. The minimum atomic E-state index is 0.268. The van der Waals surface area contributed by atoms with E-state index in [1.807, 2.05) is 6.07 Å². The zero-order chi connectivity index (χ0) is 12.8. The highest BCUT2D eigenvalue weighted by atomic mass is 35.5. The van der Waals surface area contributed by atoms with Crippen LogP contribution >= 0.6 is 23.4 Å². The van der Waals surface area contributed by atoms with E-state index < -0.39 is 0 Å². The average Bonchev–Trinajstić information content (AvgIpc) is 3.30. The first-order valence-electron chi connectivity index (χ1n) is 6.42. The van der Waals surface area contributed by atoms with Crippen molar-refractivity contribution in [1.82, 2.24) is 24.7 Å². The van der Waals surface area contributed by atoms with Gasteiger partial charge in [0.05, 0.1) is 0 Å². The van der Waals surface area contributed by atoms with Gasteiger partial charge < -0.3 is 4.57 Å². The average molecular weight is 294 g/mol. The second-order valence-corrected chi connectivity index (χ2v) is 6.31. The zero-order valence-electron chi connectivity index (χ0n) is 10.2. The quantitative estimate of drug-likeness (QED) is 0.640. The van der Waals surface area contributed by atoms with Gasteiger partial charge in [-0.15, -0.1) is 10.2 Å². The van der Waals surface area contributed by atoms with Gasteiger partial charge in [0.25, 0.3) is 0 Å². The molecule has 0 N–H and O–H groups in total. The topological polar surface area (TPSA) is 56.5 Å². The molecule has 0 aliphatic heterocycles. The van der Waals surface area contributed by atoms with Gasteiger partial charge in [0.1, 0.15) is 10.9 Å². The molecule has 0 radical (unpaired) electrons. The van der Waals surface area contributed by atoms with Gasteiger partial charge in [-0.05, 0) is 55.1 Å². The number of aromatic nitrogens is 5. The first-order valence-corrected chi connectivity index (χ1v) is 7.62. The lowest BCUT2D eigenvalue weighted by Crippen LogP contribution is -2.01. The summed E-state index contributed by atoms with van der Waals surface area (Å²) in [6.07, 6.45) is 6.62. The van der Waals surface area contributed by atoms with Crippen LogP contribution in [0.2, 0.25) is 5.28 Å². The first kappa shape index (κ1) is 11.7. The van der Waals surface area contributed by atoms with E-state index in [1.54, 1.807) is 6.20 Å². The van der Waals surface area contributed by atoms with Crippen molar-refractivity contribution in [1.29, 1.82) is 0 Å². The summed E-state index contributed by atoms with van der Waals surface area (Å²) in [5.74, 6) is 1.78. The molecule has 2 saturated carbocycles. The largest absolute Gasteiger partial charge is 0.302 e. The van der Waals surface area contributed by atoms with Crippen molar-refractivity contribution in [2.75, 3.05) is 0 Å². The molecule has 0 unspecified atom stereocenters. The Balaban J connectivity index is 1.67. The van der Waals surface area contributed by atoms with E-state index in [4.69, 9.17) is 11.6 Å². The molecule has 2 fully saturated rings. The predicted molar refractivity (Wildman–Crippen MR) is 71.4 cm³/mol. The SMILES string of the molecule is Clc1nccc(Sc2nnc(C3CC3)n2C2CC2)n1. The molecular weight excluding hydrogens is 282 g/mol. The predicted octanol–water partition coefficient (Wildman–Crippen LogP) is 3.09. The second-order valence-electron chi connectivity index (χ2n) is 4.98. The summed E-state index contributed by atoms with van der Waals surface area (Å²) < 4.78 is 2.30. The van der Waals surface area contributed by atoms with Crippen LogP contribution in [-0.2, 0) is 0 Å². The van der Waals surface area contributed by atoms with Gasteiger partial charge in [-0.3, -0.25) is 0 Å². The minimum Gasteiger partial charge on any atom is -0.302 e. The van der Waals surface area contributed by atoms with E-state index >= 15 is 0 Å². The van der Waals surface area contributed by atoms with Crippen LogP contribution in [0, 0.1) is 0 Å². The summed E-state index contributed by atoms with van der Waals surface area (Å²) in [7, 11) is 0. The Kier molecular flexibility index (Phi) is 2.73. The summed E-state index contributed by atoms with van der Waals surface area (Å²) in [5.41, 5.74) is 0. The molecule has 19 heavy (non-hydrogen) atoms. The second kappa shape index (κ2) is 4.45. The molecule has 5 nitrogen and oxygen atoms in total. The summed E-state index contributed by atoms with van der Waals surface area (Å²) in [6.45, 7) is 0. The van der Waals surface area contributed by atoms with Crippen LogP contribution < -0.4 is 0 Å². The van der Waals surface area contributed by atoms with E-state index in [9.17, 15) is 0 Å². The molecule has 0 aromatic carbocycles. The molecule has 0 spiro atoms. The lowest BCUT2D eigenvalue weighted by atomic mass is 10.4. The maximum atomic E-state index is 5.81. The lowest BCUT2D eigenvalue weighted by Gasteiger charge is -2.07. The van der Waals surface area contributed by atoms with Gasteiger partial charge in [0.2, 0.25) is 5.28 Å². The number of hydrogen-bond acceptors (Lipinski definition) is 5. The lowest BCUT2D eigenvalue weighted by molar-refractivity contribution is 0.626. The molecule has 7 heteroatoms. The van der Waals surface area contributed by atoms with Gasteiger partial charge in [0, 0.05) is 18.2 Å². The molecule has 2 heterocycles. The van der Waals surface area contributed by atoms with Crippen LogP contribution in [0.5, 0.6) is 0 Å². The Morgan fingerprint density at radius 1 is 1.21 bits per heavy atom. The van der Waals surface area contributed by atoms with Gasteiger partial charge in [0.15, 0.2) is 5.16 Å². The molecule has 2 aliphatic rings. The van der Waals surface area contributed by atoms with Gasteiger partial charge in [-0.25, -0.2) is 9.97 Å². The standard InChI is InChI=1S/C12H12ClN5S/c13-11-14-6-5-9(15-11)19-12-17-16-10(7-1-2-7)18(12)8-3-4-8/h5-8H,1-4H2. The van der Waals surface area contributed by atoms with Crippen LogP contribution in [-0.4, -0.2) is 24.7 Å². The fourth-order valence-electron chi connectivity index (χ4n) is 2.12. The van der Waals surface area contributed by atoms with Gasteiger partial charge in [-0.1, -0.05) is 0 Å². The summed E-state index contributed by atoms with van der Waals surface area (Å²) >= 11 is 7.33.